The normalized spacial score (nSPS) is 12.9. The van der Waals surface area contributed by atoms with Gasteiger partial charge in [-0.25, -0.2) is 0 Å². The molecular formula is C34H59N3O11. The Labute approximate surface area is 286 Å². The fourth-order valence-electron chi connectivity index (χ4n) is 4.27. The summed E-state index contributed by atoms with van der Waals surface area (Å²) in [4.78, 5) is 60.3. The molecule has 0 aromatic rings. The van der Waals surface area contributed by atoms with Gasteiger partial charge in [-0.2, -0.15) is 0 Å². The molecule has 0 aromatic heterocycles. The number of unbranched alkanes of at least 4 members (excludes halogenated alkanes) is 3. The van der Waals surface area contributed by atoms with E-state index >= 15 is 0 Å². The van der Waals surface area contributed by atoms with Crippen molar-refractivity contribution < 1.29 is 52.8 Å². The number of carbonyl (C=O) groups is 5. The molecule has 4 N–H and O–H groups in total. The van der Waals surface area contributed by atoms with E-state index in [1.807, 2.05) is 6.92 Å². The lowest BCUT2D eigenvalue weighted by molar-refractivity contribution is -0.138. The topological polar surface area (TPSA) is 188 Å². The molecule has 0 spiro atoms. The molecule has 0 aliphatic heterocycles. The van der Waals surface area contributed by atoms with Crippen molar-refractivity contribution in [2.75, 3.05) is 66.0 Å². The quantitative estimate of drug-likeness (QED) is 0.0599. The fourth-order valence-corrected chi connectivity index (χ4v) is 4.27. The molecule has 0 aliphatic carbocycles. The molecule has 0 saturated carbocycles. The molecule has 14 nitrogen and oxygen atoms in total. The number of ketones is 1. The van der Waals surface area contributed by atoms with Gasteiger partial charge in [0.25, 0.3) is 0 Å². The zero-order valence-electron chi connectivity index (χ0n) is 29.4. The molecule has 48 heavy (non-hydrogen) atoms. The number of Topliss-reactive ketones (excluding diaryl/α,β-unsaturated/α-hetero) is 1. The molecule has 0 heterocycles. The summed E-state index contributed by atoms with van der Waals surface area (Å²) < 4.78 is 27.3. The first-order valence-corrected chi connectivity index (χ1v) is 17.0. The second-order valence-corrected chi connectivity index (χ2v) is 11.6. The van der Waals surface area contributed by atoms with Crippen molar-refractivity contribution in [3.63, 3.8) is 0 Å². The molecule has 0 radical (unpaired) electrons. The van der Waals surface area contributed by atoms with Gasteiger partial charge >= 0.3 is 5.97 Å². The van der Waals surface area contributed by atoms with Crippen LogP contribution in [0.2, 0.25) is 0 Å². The third-order valence-electron chi connectivity index (χ3n) is 7.05. The van der Waals surface area contributed by atoms with E-state index in [-0.39, 0.29) is 69.2 Å². The minimum atomic E-state index is -1.10. The molecule has 0 rings (SSSR count). The van der Waals surface area contributed by atoms with Crippen LogP contribution in [-0.4, -0.2) is 119 Å². The van der Waals surface area contributed by atoms with Gasteiger partial charge in [0.05, 0.1) is 65.0 Å². The number of ether oxygens (including phenoxy) is 5. The zero-order chi connectivity index (χ0) is 36.0. The van der Waals surface area contributed by atoms with Crippen molar-refractivity contribution in [1.29, 1.82) is 0 Å². The third-order valence-corrected chi connectivity index (χ3v) is 7.05. The lowest BCUT2D eigenvalue weighted by Crippen LogP contribution is -2.53. The summed E-state index contributed by atoms with van der Waals surface area (Å²) in [6.07, 6.45) is 9.85. The number of amides is 3. The SMILES string of the molecule is C#CCCCCCC(C)OCC(=O)NCCOCCOCCOCCOCCC(=O)N[C@@H](CCC(=O)O)C(=O)N[C@H](C(=O)CC)C(C)C. The summed E-state index contributed by atoms with van der Waals surface area (Å²) in [5, 5.41) is 17.0. The van der Waals surface area contributed by atoms with Gasteiger partial charge in [0.15, 0.2) is 5.78 Å². The molecule has 0 aliphatic rings. The lowest BCUT2D eigenvalue weighted by atomic mass is 9.97. The molecular weight excluding hydrogens is 626 g/mol. The van der Waals surface area contributed by atoms with Crippen LogP contribution < -0.4 is 16.0 Å². The van der Waals surface area contributed by atoms with Crippen molar-refractivity contribution in [3.05, 3.63) is 0 Å². The number of hydrogen-bond acceptors (Lipinski definition) is 10. The number of hydrogen-bond donors (Lipinski definition) is 4. The van der Waals surface area contributed by atoms with E-state index < -0.39 is 29.9 Å². The Kier molecular flexibility index (Phi) is 28.1. The predicted molar refractivity (Wildman–Crippen MR) is 179 cm³/mol. The minimum absolute atomic E-state index is 0.0219. The number of rotatable bonds is 32. The minimum Gasteiger partial charge on any atom is -0.481 e. The average molecular weight is 686 g/mol. The van der Waals surface area contributed by atoms with Gasteiger partial charge in [-0.15, -0.1) is 12.3 Å². The Morgan fingerprint density at radius 2 is 1.35 bits per heavy atom. The molecule has 3 amide bonds. The van der Waals surface area contributed by atoms with Crippen LogP contribution in [0.5, 0.6) is 0 Å². The zero-order valence-corrected chi connectivity index (χ0v) is 29.4. The van der Waals surface area contributed by atoms with Gasteiger partial charge in [-0.3, -0.25) is 24.0 Å². The first-order valence-electron chi connectivity index (χ1n) is 17.0. The van der Waals surface area contributed by atoms with Crippen molar-refractivity contribution in [1.82, 2.24) is 16.0 Å². The highest BCUT2D eigenvalue weighted by Crippen LogP contribution is 2.09. The van der Waals surface area contributed by atoms with E-state index in [0.717, 1.165) is 32.1 Å². The van der Waals surface area contributed by atoms with Gasteiger partial charge < -0.3 is 44.7 Å². The number of carboxylic acids is 1. The largest absolute Gasteiger partial charge is 0.481 e. The summed E-state index contributed by atoms with van der Waals surface area (Å²) >= 11 is 0. The van der Waals surface area contributed by atoms with E-state index in [1.165, 1.54) is 0 Å². The summed E-state index contributed by atoms with van der Waals surface area (Å²) in [7, 11) is 0. The first-order chi connectivity index (χ1) is 23.0. The number of aliphatic carboxylic acids is 1. The molecule has 0 saturated heterocycles. The average Bonchev–Trinajstić information content (AvgIpc) is 3.05. The Balaban J connectivity index is 3.87. The van der Waals surface area contributed by atoms with Crippen molar-refractivity contribution in [2.45, 2.75) is 104 Å². The Morgan fingerprint density at radius 3 is 1.92 bits per heavy atom. The summed E-state index contributed by atoms with van der Waals surface area (Å²) in [6, 6.07) is -1.80. The van der Waals surface area contributed by atoms with E-state index in [4.69, 9.17) is 35.2 Å². The maximum Gasteiger partial charge on any atom is 0.303 e. The van der Waals surface area contributed by atoms with Crippen molar-refractivity contribution in [3.8, 4) is 12.3 Å². The molecule has 0 fully saturated rings. The third kappa shape index (κ3) is 25.9. The van der Waals surface area contributed by atoms with Crippen LogP contribution in [0.3, 0.4) is 0 Å². The highest BCUT2D eigenvalue weighted by molar-refractivity contribution is 5.93. The molecule has 0 bridgehead atoms. The monoisotopic (exact) mass is 685 g/mol. The second kappa shape index (κ2) is 30.0. The van der Waals surface area contributed by atoms with Gasteiger partial charge in [0.1, 0.15) is 12.6 Å². The number of nitrogens with one attached hydrogen (secondary N) is 3. The highest BCUT2D eigenvalue weighted by Gasteiger charge is 2.28. The highest BCUT2D eigenvalue weighted by atomic mass is 16.6. The van der Waals surface area contributed by atoms with Crippen molar-refractivity contribution in [2.24, 2.45) is 5.92 Å². The fraction of sp³-hybridized carbons (Fsp3) is 0.794. The summed E-state index contributed by atoms with van der Waals surface area (Å²) in [6.45, 7) is 10.1. The number of carbonyl (C=O) groups excluding carboxylic acids is 4. The van der Waals surface area contributed by atoms with E-state index in [1.54, 1.807) is 20.8 Å². The van der Waals surface area contributed by atoms with Crippen LogP contribution in [-0.2, 0) is 47.7 Å². The van der Waals surface area contributed by atoms with E-state index in [2.05, 4.69) is 21.9 Å². The van der Waals surface area contributed by atoms with Gasteiger partial charge in [-0.05, 0) is 32.1 Å². The maximum absolute atomic E-state index is 12.8. The van der Waals surface area contributed by atoms with Crippen molar-refractivity contribution >= 4 is 29.5 Å². The van der Waals surface area contributed by atoms with E-state index in [9.17, 15) is 24.0 Å². The van der Waals surface area contributed by atoms with Gasteiger partial charge in [0.2, 0.25) is 17.7 Å². The Morgan fingerprint density at radius 1 is 0.750 bits per heavy atom. The maximum atomic E-state index is 12.8. The first kappa shape index (κ1) is 44.9. The van der Waals surface area contributed by atoms with E-state index in [0.29, 0.717) is 46.2 Å². The second-order valence-electron chi connectivity index (χ2n) is 11.6. The van der Waals surface area contributed by atoms with Gasteiger partial charge in [0, 0.05) is 32.2 Å². The molecule has 1 unspecified atom stereocenters. The van der Waals surface area contributed by atoms with Crippen LogP contribution in [0, 0.1) is 18.3 Å². The Hall–Kier alpha value is -3.09. The molecule has 14 heteroatoms. The summed E-state index contributed by atoms with van der Waals surface area (Å²) in [5.74, 6) is -0.0133. The van der Waals surface area contributed by atoms with Gasteiger partial charge in [-0.1, -0.05) is 33.6 Å². The predicted octanol–water partition coefficient (Wildman–Crippen LogP) is 2.02. The van der Waals surface area contributed by atoms with Crippen LogP contribution in [0.25, 0.3) is 0 Å². The van der Waals surface area contributed by atoms with Crippen LogP contribution >= 0.6 is 0 Å². The molecule has 276 valence electrons. The van der Waals surface area contributed by atoms with Crippen LogP contribution in [0.15, 0.2) is 0 Å². The standard InChI is InChI=1S/C34H59N3O11/c1-6-8-9-10-11-12-27(5)48-25-31(40)35-16-18-45-20-22-47-24-23-46-21-19-44-17-15-30(39)36-28(13-14-32(41)42)34(43)37-33(26(3)4)29(38)7-2/h1,26-28,33H,7-25H2,2-5H3,(H,35,40)(H,36,39)(H,37,43)(H,41,42)/t27?,28-,33-/m0/s1. The lowest BCUT2D eigenvalue weighted by Gasteiger charge is -2.24. The number of carboxylic acid groups (broad SMARTS) is 1. The number of terminal acetylenes is 1. The smallest absolute Gasteiger partial charge is 0.303 e. The van der Waals surface area contributed by atoms with Crippen LogP contribution in [0.1, 0.15) is 85.5 Å². The van der Waals surface area contributed by atoms with Crippen LogP contribution in [0.4, 0.5) is 0 Å². The Bertz CT molecular complexity index is 955. The summed E-state index contributed by atoms with van der Waals surface area (Å²) in [5.41, 5.74) is 0. The molecule has 0 aromatic carbocycles. The molecule has 3 atom stereocenters.